The van der Waals surface area contributed by atoms with Gasteiger partial charge in [0.25, 0.3) is 0 Å². The Morgan fingerprint density at radius 1 is 1.21 bits per heavy atom. The first-order valence-electron chi connectivity index (χ1n) is 7.25. The minimum Gasteiger partial charge on any atom is -0.391 e. The van der Waals surface area contributed by atoms with Gasteiger partial charge in [-0.15, -0.1) is 0 Å². The number of benzene rings is 1. The Morgan fingerprint density at radius 2 is 1.89 bits per heavy atom. The van der Waals surface area contributed by atoms with Gasteiger partial charge in [-0.2, -0.15) is 0 Å². The summed E-state index contributed by atoms with van der Waals surface area (Å²) < 4.78 is 13.9. The number of aliphatic hydroxyl groups is 1. The Kier molecular flexibility index (Phi) is 4.94. The molecule has 0 bridgehead atoms. The largest absolute Gasteiger partial charge is 0.391 e. The number of aliphatic hydroxyl groups excluding tert-OH is 1. The summed E-state index contributed by atoms with van der Waals surface area (Å²) in [7, 11) is 2.00. The van der Waals surface area contributed by atoms with Gasteiger partial charge in [0, 0.05) is 17.6 Å². The number of nitrogens with zero attached hydrogens (tertiary/aromatic N) is 1. The molecule has 1 N–H and O–H groups in total. The van der Waals surface area contributed by atoms with Gasteiger partial charge in [-0.3, -0.25) is 4.90 Å². The molecule has 1 saturated carbocycles. The third-order valence-corrected chi connectivity index (χ3v) is 4.43. The molecular weight excluding hydrogens is 241 g/mol. The molecule has 3 atom stereocenters. The van der Waals surface area contributed by atoms with Gasteiger partial charge in [-0.25, -0.2) is 4.39 Å². The zero-order valence-corrected chi connectivity index (χ0v) is 11.8. The topological polar surface area (TPSA) is 23.5 Å². The highest BCUT2D eigenvalue weighted by Gasteiger charge is 2.29. The second-order valence-corrected chi connectivity index (χ2v) is 5.64. The molecule has 3 heteroatoms. The van der Waals surface area contributed by atoms with E-state index in [1.54, 1.807) is 6.07 Å². The van der Waals surface area contributed by atoms with Crippen LogP contribution in [-0.4, -0.2) is 29.2 Å². The summed E-state index contributed by atoms with van der Waals surface area (Å²) in [6, 6.07) is 7.04. The highest BCUT2D eigenvalue weighted by Crippen LogP contribution is 2.29. The van der Waals surface area contributed by atoms with Crippen molar-refractivity contribution in [2.45, 2.75) is 57.2 Å². The van der Waals surface area contributed by atoms with Gasteiger partial charge in [0.2, 0.25) is 0 Å². The second-order valence-electron chi connectivity index (χ2n) is 5.64. The third kappa shape index (κ3) is 3.34. The van der Waals surface area contributed by atoms with Gasteiger partial charge in [0.05, 0.1) is 6.10 Å². The van der Waals surface area contributed by atoms with E-state index in [9.17, 15) is 9.50 Å². The van der Waals surface area contributed by atoms with Crippen LogP contribution in [-0.2, 0) is 0 Å². The molecule has 1 aliphatic carbocycles. The Labute approximate surface area is 115 Å². The second kappa shape index (κ2) is 6.49. The SMILES string of the molecule is CC(c1ccccc1F)N(C)C1CCCCCC1O. The highest BCUT2D eigenvalue weighted by molar-refractivity contribution is 5.20. The maximum Gasteiger partial charge on any atom is 0.127 e. The summed E-state index contributed by atoms with van der Waals surface area (Å²) in [6.45, 7) is 2.01. The molecule has 106 valence electrons. The normalized spacial score (nSPS) is 26.2. The van der Waals surface area contributed by atoms with Crippen LogP contribution < -0.4 is 0 Å². The molecule has 1 fully saturated rings. The number of likely N-dealkylation sites (N-methyl/N-ethyl adjacent to an activating group) is 1. The Bertz CT molecular complexity index is 409. The molecule has 1 aromatic carbocycles. The third-order valence-electron chi connectivity index (χ3n) is 4.43. The van der Waals surface area contributed by atoms with E-state index in [0.29, 0.717) is 5.56 Å². The zero-order chi connectivity index (χ0) is 13.8. The van der Waals surface area contributed by atoms with Gasteiger partial charge >= 0.3 is 0 Å². The van der Waals surface area contributed by atoms with Gasteiger partial charge in [0.1, 0.15) is 5.82 Å². The van der Waals surface area contributed by atoms with Crippen molar-refractivity contribution < 1.29 is 9.50 Å². The first kappa shape index (κ1) is 14.5. The van der Waals surface area contributed by atoms with Crippen LogP contribution in [0.5, 0.6) is 0 Å². The van der Waals surface area contributed by atoms with Crippen molar-refractivity contribution in [2.24, 2.45) is 0 Å². The predicted octanol–water partition coefficient (Wildman–Crippen LogP) is 3.51. The number of rotatable bonds is 3. The molecule has 0 radical (unpaired) electrons. The summed E-state index contributed by atoms with van der Waals surface area (Å²) in [6.07, 6.45) is 5.00. The molecule has 1 aromatic rings. The van der Waals surface area contributed by atoms with Crippen LogP contribution in [0.3, 0.4) is 0 Å². The van der Waals surface area contributed by atoms with E-state index in [-0.39, 0.29) is 24.0 Å². The minimum atomic E-state index is -0.290. The lowest BCUT2D eigenvalue weighted by molar-refractivity contribution is 0.0385. The van der Waals surface area contributed by atoms with Crippen molar-refractivity contribution in [3.8, 4) is 0 Å². The lowest BCUT2D eigenvalue weighted by Gasteiger charge is -2.35. The Balaban J connectivity index is 2.13. The van der Waals surface area contributed by atoms with E-state index in [0.717, 1.165) is 25.7 Å². The van der Waals surface area contributed by atoms with Gasteiger partial charge in [-0.05, 0) is 32.9 Å². The quantitative estimate of drug-likeness (QED) is 0.845. The van der Waals surface area contributed by atoms with E-state index in [2.05, 4.69) is 4.90 Å². The lowest BCUT2D eigenvalue weighted by Crippen LogP contribution is -2.42. The summed E-state index contributed by atoms with van der Waals surface area (Å²) in [5.74, 6) is -0.162. The van der Waals surface area contributed by atoms with Crippen molar-refractivity contribution in [3.05, 3.63) is 35.6 Å². The summed E-state index contributed by atoms with van der Waals surface area (Å²) in [4.78, 5) is 2.13. The number of hydrogen-bond acceptors (Lipinski definition) is 2. The Hall–Kier alpha value is -0.930. The maximum absolute atomic E-state index is 13.9. The van der Waals surface area contributed by atoms with Crippen LogP contribution in [0.4, 0.5) is 4.39 Å². The first-order chi connectivity index (χ1) is 9.11. The smallest absolute Gasteiger partial charge is 0.127 e. The highest BCUT2D eigenvalue weighted by atomic mass is 19.1. The van der Waals surface area contributed by atoms with Crippen LogP contribution in [0, 0.1) is 5.82 Å². The fourth-order valence-electron chi connectivity index (χ4n) is 3.06. The van der Waals surface area contributed by atoms with Crippen LogP contribution in [0.1, 0.15) is 50.6 Å². The fraction of sp³-hybridized carbons (Fsp3) is 0.625. The minimum absolute atomic E-state index is 0.0149. The van der Waals surface area contributed by atoms with E-state index >= 15 is 0 Å². The average molecular weight is 265 g/mol. The van der Waals surface area contributed by atoms with Crippen molar-refractivity contribution >= 4 is 0 Å². The van der Waals surface area contributed by atoms with Gasteiger partial charge < -0.3 is 5.11 Å². The van der Waals surface area contributed by atoms with Gasteiger partial charge in [0.15, 0.2) is 0 Å². The molecule has 0 aromatic heterocycles. The molecule has 0 aliphatic heterocycles. The van der Waals surface area contributed by atoms with E-state index in [1.807, 2.05) is 26.1 Å². The van der Waals surface area contributed by atoms with E-state index in [1.165, 1.54) is 12.5 Å². The first-order valence-corrected chi connectivity index (χ1v) is 7.25. The molecule has 0 spiro atoms. The van der Waals surface area contributed by atoms with Crippen LogP contribution >= 0.6 is 0 Å². The molecule has 19 heavy (non-hydrogen) atoms. The lowest BCUT2D eigenvalue weighted by atomic mass is 9.99. The van der Waals surface area contributed by atoms with Crippen LogP contribution in [0.2, 0.25) is 0 Å². The molecule has 0 amide bonds. The van der Waals surface area contributed by atoms with Crippen molar-refractivity contribution in [1.82, 2.24) is 4.90 Å². The summed E-state index contributed by atoms with van der Waals surface area (Å²) >= 11 is 0. The van der Waals surface area contributed by atoms with Crippen molar-refractivity contribution in [2.75, 3.05) is 7.05 Å². The van der Waals surface area contributed by atoms with E-state index < -0.39 is 0 Å². The summed E-state index contributed by atoms with van der Waals surface area (Å²) in [5.41, 5.74) is 0.710. The van der Waals surface area contributed by atoms with Crippen LogP contribution in [0.25, 0.3) is 0 Å². The van der Waals surface area contributed by atoms with Crippen molar-refractivity contribution in [3.63, 3.8) is 0 Å². The monoisotopic (exact) mass is 265 g/mol. The fourth-order valence-corrected chi connectivity index (χ4v) is 3.06. The molecule has 0 saturated heterocycles. The van der Waals surface area contributed by atoms with Crippen molar-refractivity contribution in [1.29, 1.82) is 0 Å². The predicted molar refractivity (Wildman–Crippen MR) is 75.5 cm³/mol. The van der Waals surface area contributed by atoms with Crippen LogP contribution in [0.15, 0.2) is 24.3 Å². The molecule has 1 aliphatic rings. The van der Waals surface area contributed by atoms with E-state index in [4.69, 9.17) is 0 Å². The molecular formula is C16H24FNO. The number of hydrogen-bond donors (Lipinski definition) is 1. The molecule has 3 unspecified atom stereocenters. The molecule has 0 heterocycles. The maximum atomic E-state index is 13.9. The molecule has 2 nitrogen and oxygen atoms in total. The average Bonchev–Trinajstić information content (AvgIpc) is 2.62. The Morgan fingerprint density at radius 3 is 2.63 bits per heavy atom. The zero-order valence-electron chi connectivity index (χ0n) is 11.8. The number of halogens is 1. The molecule has 2 rings (SSSR count). The standard InChI is InChI=1S/C16H24FNO/c1-12(13-8-6-7-9-14(13)17)18(2)15-10-4-3-5-11-16(15)19/h6-9,12,15-16,19H,3-5,10-11H2,1-2H3. The van der Waals surface area contributed by atoms with Gasteiger partial charge in [-0.1, -0.05) is 37.5 Å². The summed E-state index contributed by atoms with van der Waals surface area (Å²) in [5, 5.41) is 10.2.